The highest BCUT2D eigenvalue weighted by Crippen LogP contribution is 2.26. The van der Waals surface area contributed by atoms with Crippen molar-refractivity contribution < 1.29 is 0 Å². The molecule has 2 unspecified atom stereocenters. The number of hydrogen-bond donors (Lipinski definition) is 1. The predicted octanol–water partition coefficient (Wildman–Crippen LogP) is 4.78. The molecule has 15 heavy (non-hydrogen) atoms. The summed E-state index contributed by atoms with van der Waals surface area (Å²) in [7, 11) is 0. The fourth-order valence-corrected chi connectivity index (χ4v) is 2.36. The standard InChI is InChI=1S/C14H24S/c1-4-11(2)6-5-7-13-8-9-14(15)10-12(13)3/h8,10-11,14-15H,4-7,9H2,1-3H3. The van der Waals surface area contributed by atoms with E-state index in [0.29, 0.717) is 5.25 Å². The molecule has 1 rings (SSSR count). The first-order valence-corrected chi connectivity index (χ1v) is 6.71. The van der Waals surface area contributed by atoms with E-state index >= 15 is 0 Å². The van der Waals surface area contributed by atoms with Crippen LogP contribution in [0.1, 0.15) is 52.9 Å². The Morgan fingerprint density at radius 2 is 2.27 bits per heavy atom. The van der Waals surface area contributed by atoms with Crippen molar-refractivity contribution in [2.45, 2.75) is 58.1 Å². The van der Waals surface area contributed by atoms with Gasteiger partial charge in [-0.25, -0.2) is 0 Å². The molecule has 0 nitrogen and oxygen atoms in total. The minimum atomic E-state index is 0.448. The highest BCUT2D eigenvalue weighted by Gasteiger charge is 2.09. The van der Waals surface area contributed by atoms with Crippen LogP contribution in [0.2, 0.25) is 0 Å². The van der Waals surface area contributed by atoms with Crippen LogP contribution in [0, 0.1) is 5.92 Å². The minimum Gasteiger partial charge on any atom is -0.171 e. The molecule has 0 aromatic rings. The van der Waals surface area contributed by atoms with Gasteiger partial charge >= 0.3 is 0 Å². The maximum Gasteiger partial charge on any atom is 0.0237 e. The second-order valence-corrected chi connectivity index (χ2v) is 5.45. The average Bonchev–Trinajstić information content (AvgIpc) is 2.21. The molecule has 2 atom stereocenters. The zero-order chi connectivity index (χ0) is 11.3. The second kappa shape index (κ2) is 6.42. The van der Waals surface area contributed by atoms with Crippen LogP contribution in [0.25, 0.3) is 0 Å². The van der Waals surface area contributed by atoms with E-state index in [9.17, 15) is 0 Å². The van der Waals surface area contributed by atoms with E-state index in [4.69, 9.17) is 0 Å². The first-order chi connectivity index (χ1) is 7.13. The van der Waals surface area contributed by atoms with Gasteiger partial charge in [0, 0.05) is 5.25 Å². The fourth-order valence-electron chi connectivity index (χ4n) is 2.03. The van der Waals surface area contributed by atoms with Gasteiger partial charge < -0.3 is 0 Å². The van der Waals surface area contributed by atoms with Crippen LogP contribution in [-0.2, 0) is 0 Å². The van der Waals surface area contributed by atoms with Crippen molar-refractivity contribution in [2.24, 2.45) is 5.92 Å². The molecule has 0 bridgehead atoms. The lowest BCUT2D eigenvalue weighted by atomic mass is 9.92. The van der Waals surface area contributed by atoms with Crippen LogP contribution >= 0.6 is 12.6 Å². The Morgan fingerprint density at radius 1 is 1.53 bits per heavy atom. The van der Waals surface area contributed by atoms with Crippen molar-refractivity contribution in [3.8, 4) is 0 Å². The third-order valence-electron chi connectivity index (χ3n) is 3.39. The van der Waals surface area contributed by atoms with Gasteiger partial charge in [0.2, 0.25) is 0 Å². The minimum absolute atomic E-state index is 0.448. The molecule has 0 aliphatic heterocycles. The molecule has 0 saturated heterocycles. The van der Waals surface area contributed by atoms with Gasteiger partial charge in [-0.15, -0.1) is 0 Å². The van der Waals surface area contributed by atoms with Gasteiger partial charge in [-0.2, -0.15) is 12.6 Å². The van der Waals surface area contributed by atoms with Gasteiger partial charge in [0.1, 0.15) is 0 Å². The number of rotatable bonds is 5. The van der Waals surface area contributed by atoms with Gasteiger partial charge in [0.25, 0.3) is 0 Å². The summed E-state index contributed by atoms with van der Waals surface area (Å²) in [5.74, 6) is 0.885. The van der Waals surface area contributed by atoms with Crippen LogP contribution in [0.15, 0.2) is 23.3 Å². The summed E-state index contributed by atoms with van der Waals surface area (Å²) >= 11 is 4.48. The zero-order valence-electron chi connectivity index (χ0n) is 10.3. The van der Waals surface area contributed by atoms with Gasteiger partial charge in [0.15, 0.2) is 0 Å². The summed E-state index contributed by atoms with van der Waals surface area (Å²) in [5.41, 5.74) is 3.01. The fraction of sp³-hybridized carbons (Fsp3) is 0.714. The van der Waals surface area contributed by atoms with E-state index < -0.39 is 0 Å². The van der Waals surface area contributed by atoms with Crippen molar-refractivity contribution in [3.63, 3.8) is 0 Å². The molecule has 0 fully saturated rings. The Bertz CT molecular complexity index is 250. The Labute approximate surface area is 100 Å². The third kappa shape index (κ3) is 4.46. The molecule has 0 N–H and O–H groups in total. The lowest BCUT2D eigenvalue weighted by Gasteiger charge is -2.17. The SMILES string of the molecule is CCC(C)CCCC1=CCC(S)C=C1C. The predicted molar refractivity (Wildman–Crippen MR) is 72.5 cm³/mol. The molecular weight excluding hydrogens is 200 g/mol. The van der Waals surface area contributed by atoms with Crippen molar-refractivity contribution in [3.05, 3.63) is 23.3 Å². The summed E-state index contributed by atoms with van der Waals surface area (Å²) in [6, 6.07) is 0. The van der Waals surface area contributed by atoms with E-state index in [1.807, 2.05) is 0 Å². The molecule has 1 aliphatic rings. The second-order valence-electron chi connectivity index (χ2n) is 4.79. The van der Waals surface area contributed by atoms with Crippen molar-refractivity contribution in [1.29, 1.82) is 0 Å². The maximum atomic E-state index is 4.48. The topological polar surface area (TPSA) is 0 Å². The molecule has 0 amide bonds. The van der Waals surface area contributed by atoms with Crippen LogP contribution in [0.5, 0.6) is 0 Å². The van der Waals surface area contributed by atoms with Crippen LogP contribution in [0.4, 0.5) is 0 Å². The maximum absolute atomic E-state index is 4.48. The highest BCUT2D eigenvalue weighted by molar-refractivity contribution is 7.81. The van der Waals surface area contributed by atoms with Gasteiger partial charge in [0.05, 0.1) is 0 Å². The van der Waals surface area contributed by atoms with Crippen LogP contribution in [0.3, 0.4) is 0 Å². The largest absolute Gasteiger partial charge is 0.171 e. The third-order valence-corrected chi connectivity index (χ3v) is 3.75. The van der Waals surface area contributed by atoms with E-state index in [2.05, 4.69) is 45.6 Å². The van der Waals surface area contributed by atoms with Crippen molar-refractivity contribution in [1.82, 2.24) is 0 Å². The lowest BCUT2D eigenvalue weighted by Crippen LogP contribution is -2.02. The molecule has 0 aromatic carbocycles. The Balaban J connectivity index is 2.31. The average molecular weight is 224 g/mol. The normalized spacial score (nSPS) is 23.3. The molecule has 86 valence electrons. The highest BCUT2D eigenvalue weighted by atomic mass is 32.1. The number of allylic oxidation sites excluding steroid dienone is 3. The first-order valence-electron chi connectivity index (χ1n) is 6.19. The Kier molecular flexibility index (Phi) is 5.52. The Morgan fingerprint density at radius 3 is 2.87 bits per heavy atom. The first kappa shape index (κ1) is 12.9. The van der Waals surface area contributed by atoms with Crippen LogP contribution in [-0.4, -0.2) is 5.25 Å². The summed E-state index contributed by atoms with van der Waals surface area (Å²) in [6.45, 7) is 6.85. The van der Waals surface area contributed by atoms with Crippen molar-refractivity contribution >= 4 is 12.6 Å². The summed E-state index contributed by atoms with van der Waals surface area (Å²) < 4.78 is 0. The van der Waals surface area contributed by atoms with Gasteiger partial charge in [-0.05, 0) is 37.7 Å². The van der Waals surface area contributed by atoms with Crippen molar-refractivity contribution in [2.75, 3.05) is 0 Å². The van der Waals surface area contributed by atoms with E-state index in [1.54, 1.807) is 5.57 Å². The number of hydrogen-bond acceptors (Lipinski definition) is 1. The quantitative estimate of drug-likeness (QED) is 0.638. The van der Waals surface area contributed by atoms with Gasteiger partial charge in [-0.1, -0.05) is 44.4 Å². The number of thiol groups is 1. The molecule has 1 heteroatoms. The van der Waals surface area contributed by atoms with E-state index in [1.165, 1.54) is 31.3 Å². The summed E-state index contributed by atoms with van der Waals surface area (Å²) in [6.07, 6.45) is 11.1. The zero-order valence-corrected chi connectivity index (χ0v) is 11.2. The molecule has 1 aliphatic carbocycles. The van der Waals surface area contributed by atoms with Gasteiger partial charge in [-0.3, -0.25) is 0 Å². The molecule has 0 radical (unpaired) electrons. The molecule has 0 aromatic heterocycles. The smallest absolute Gasteiger partial charge is 0.0237 e. The summed E-state index contributed by atoms with van der Waals surface area (Å²) in [4.78, 5) is 0. The molecular formula is C14H24S. The monoisotopic (exact) mass is 224 g/mol. The molecule has 0 saturated carbocycles. The summed E-state index contributed by atoms with van der Waals surface area (Å²) in [5, 5.41) is 0.448. The Hall–Kier alpha value is -0.170. The van der Waals surface area contributed by atoms with E-state index in [-0.39, 0.29) is 0 Å². The van der Waals surface area contributed by atoms with E-state index in [0.717, 1.165) is 12.3 Å². The molecule has 0 spiro atoms. The van der Waals surface area contributed by atoms with Crippen LogP contribution < -0.4 is 0 Å². The molecule has 0 heterocycles. The lowest BCUT2D eigenvalue weighted by molar-refractivity contribution is 0.495.